The fraction of sp³-hybridized carbons (Fsp3) is 0.933. The van der Waals surface area contributed by atoms with E-state index in [9.17, 15) is 4.79 Å². The predicted molar refractivity (Wildman–Crippen MR) is 76.8 cm³/mol. The Bertz CT molecular complexity index is 276. The van der Waals surface area contributed by atoms with Gasteiger partial charge in [0.1, 0.15) is 0 Å². The van der Waals surface area contributed by atoms with Gasteiger partial charge >= 0.3 is 5.97 Å². The Balaban J connectivity index is 1.85. The van der Waals surface area contributed by atoms with Crippen molar-refractivity contribution in [2.45, 2.75) is 58.3 Å². The van der Waals surface area contributed by atoms with Crippen molar-refractivity contribution in [3.8, 4) is 0 Å². The molecule has 2 bridgehead atoms. The number of hydrogen-bond donors (Lipinski definition) is 0. The van der Waals surface area contributed by atoms with E-state index in [-0.39, 0.29) is 11.4 Å². The maximum atomic E-state index is 11.9. The summed E-state index contributed by atoms with van der Waals surface area (Å²) in [6.07, 6.45) is 9.68. The van der Waals surface area contributed by atoms with Crippen LogP contribution in [0.15, 0.2) is 0 Å². The summed E-state index contributed by atoms with van der Waals surface area (Å²) in [5, 5.41) is 0. The maximum absolute atomic E-state index is 11.9. The molecular formula is C15H26O2S. The van der Waals surface area contributed by atoms with E-state index in [1.165, 1.54) is 50.7 Å². The minimum atomic E-state index is -0.103. The molecule has 3 fully saturated rings. The van der Waals surface area contributed by atoms with Crippen molar-refractivity contribution in [3.05, 3.63) is 0 Å². The highest BCUT2D eigenvalue weighted by atomic mass is 32.2. The third-order valence-electron chi connectivity index (χ3n) is 5.22. The van der Waals surface area contributed by atoms with Crippen molar-refractivity contribution in [3.63, 3.8) is 0 Å². The van der Waals surface area contributed by atoms with Crippen LogP contribution in [0.2, 0.25) is 0 Å². The summed E-state index contributed by atoms with van der Waals surface area (Å²) in [6, 6.07) is 0. The van der Waals surface area contributed by atoms with Crippen molar-refractivity contribution < 1.29 is 9.53 Å². The normalized spacial score (nSPS) is 34.6. The van der Waals surface area contributed by atoms with E-state index >= 15 is 0 Å². The summed E-state index contributed by atoms with van der Waals surface area (Å²) in [5.74, 6) is 2.59. The summed E-state index contributed by atoms with van der Waals surface area (Å²) in [5.41, 5.74) is 0.471. The van der Waals surface area contributed by atoms with Gasteiger partial charge in [-0.15, -0.1) is 0 Å². The predicted octanol–water partition coefficient (Wildman–Crippen LogP) is 4.03. The van der Waals surface area contributed by atoms with Crippen LogP contribution in [0.1, 0.15) is 58.3 Å². The number of hydrogen-bond acceptors (Lipinski definition) is 3. The number of rotatable bonds is 6. The van der Waals surface area contributed by atoms with Crippen LogP contribution in [0, 0.1) is 10.8 Å². The fourth-order valence-corrected chi connectivity index (χ4v) is 4.49. The SMILES string of the molecule is CCSCCCC12CCC(C(=O)OC)(CC1)CC2. The Hall–Kier alpha value is -0.180. The molecule has 0 N–H and O–H groups in total. The van der Waals surface area contributed by atoms with E-state index in [0.29, 0.717) is 5.41 Å². The zero-order valence-corrected chi connectivity index (χ0v) is 12.6. The van der Waals surface area contributed by atoms with Crippen molar-refractivity contribution in [1.82, 2.24) is 0 Å². The van der Waals surface area contributed by atoms with Crippen LogP contribution in [0.5, 0.6) is 0 Å². The number of esters is 1. The molecule has 0 spiro atoms. The van der Waals surface area contributed by atoms with Gasteiger partial charge in [0.25, 0.3) is 0 Å². The Morgan fingerprint density at radius 3 is 2.28 bits per heavy atom. The molecule has 3 saturated carbocycles. The molecule has 3 aliphatic rings. The summed E-state index contributed by atoms with van der Waals surface area (Å²) in [4.78, 5) is 11.9. The molecule has 3 aliphatic carbocycles. The quantitative estimate of drug-likeness (QED) is 0.538. The first kappa shape index (κ1) is 14.2. The molecule has 3 rings (SSSR count). The number of methoxy groups -OCH3 is 1. The van der Waals surface area contributed by atoms with E-state index < -0.39 is 0 Å². The third kappa shape index (κ3) is 2.71. The number of carbonyl (C=O) groups is 1. The second-order valence-corrected chi connectivity index (χ2v) is 7.47. The first-order valence-corrected chi connectivity index (χ1v) is 8.48. The molecule has 0 heterocycles. The zero-order chi connectivity index (χ0) is 13.1. The van der Waals surface area contributed by atoms with Gasteiger partial charge in [-0.05, 0) is 68.3 Å². The first-order chi connectivity index (χ1) is 8.66. The maximum Gasteiger partial charge on any atom is 0.311 e. The second-order valence-electron chi connectivity index (χ2n) is 6.07. The van der Waals surface area contributed by atoms with Crippen LogP contribution in [-0.4, -0.2) is 24.6 Å². The van der Waals surface area contributed by atoms with Crippen LogP contribution in [0.4, 0.5) is 0 Å². The topological polar surface area (TPSA) is 26.3 Å². The second kappa shape index (κ2) is 5.85. The van der Waals surface area contributed by atoms with Gasteiger partial charge in [0.15, 0.2) is 0 Å². The molecule has 0 saturated heterocycles. The van der Waals surface area contributed by atoms with Gasteiger partial charge in [0.05, 0.1) is 12.5 Å². The first-order valence-electron chi connectivity index (χ1n) is 7.33. The summed E-state index contributed by atoms with van der Waals surface area (Å²) >= 11 is 2.05. The summed E-state index contributed by atoms with van der Waals surface area (Å²) < 4.78 is 5.01. The standard InChI is InChI=1S/C15H26O2S/c1-3-18-12-4-5-14-6-9-15(10-7-14,11-8-14)13(16)17-2/h3-12H2,1-2H3. The lowest BCUT2D eigenvalue weighted by Crippen LogP contribution is -2.46. The number of ether oxygens (including phenoxy) is 1. The van der Waals surface area contributed by atoms with E-state index in [2.05, 4.69) is 18.7 Å². The summed E-state index contributed by atoms with van der Waals surface area (Å²) in [7, 11) is 1.54. The van der Waals surface area contributed by atoms with Crippen LogP contribution in [-0.2, 0) is 9.53 Å². The molecule has 0 aromatic rings. The van der Waals surface area contributed by atoms with Crippen LogP contribution in [0.3, 0.4) is 0 Å². The van der Waals surface area contributed by atoms with E-state index in [0.717, 1.165) is 19.3 Å². The highest BCUT2D eigenvalue weighted by Gasteiger charge is 2.52. The van der Waals surface area contributed by atoms with Crippen LogP contribution >= 0.6 is 11.8 Å². The van der Waals surface area contributed by atoms with E-state index in [1.807, 2.05) is 0 Å². The lowest BCUT2D eigenvalue weighted by Gasteiger charge is -2.52. The monoisotopic (exact) mass is 270 g/mol. The highest BCUT2D eigenvalue weighted by molar-refractivity contribution is 7.99. The van der Waals surface area contributed by atoms with Crippen molar-refractivity contribution in [2.24, 2.45) is 10.8 Å². The Morgan fingerprint density at radius 1 is 1.17 bits per heavy atom. The molecular weight excluding hydrogens is 244 g/mol. The lowest BCUT2D eigenvalue weighted by atomic mass is 9.52. The zero-order valence-electron chi connectivity index (χ0n) is 11.8. The van der Waals surface area contributed by atoms with Crippen molar-refractivity contribution in [2.75, 3.05) is 18.6 Å². The van der Waals surface area contributed by atoms with Gasteiger partial charge in [-0.25, -0.2) is 0 Å². The summed E-state index contributed by atoms with van der Waals surface area (Å²) in [6.45, 7) is 2.23. The molecule has 0 unspecified atom stereocenters. The molecule has 0 aliphatic heterocycles. The molecule has 0 atom stereocenters. The highest BCUT2D eigenvalue weighted by Crippen LogP contribution is 2.59. The number of carbonyl (C=O) groups excluding carboxylic acids is 1. The van der Waals surface area contributed by atoms with Gasteiger partial charge in [0.2, 0.25) is 0 Å². The van der Waals surface area contributed by atoms with Crippen molar-refractivity contribution >= 4 is 17.7 Å². The van der Waals surface area contributed by atoms with Crippen LogP contribution in [0.25, 0.3) is 0 Å². The third-order valence-corrected chi connectivity index (χ3v) is 6.21. The minimum absolute atomic E-state index is 0.0531. The fourth-order valence-electron chi connectivity index (χ4n) is 3.85. The van der Waals surface area contributed by atoms with Gasteiger partial charge in [-0.1, -0.05) is 6.92 Å². The largest absolute Gasteiger partial charge is 0.469 e. The van der Waals surface area contributed by atoms with Gasteiger partial charge < -0.3 is 4.74 Å². The molecule has 0 amide bonds. The average molecular weight is 270 g/mol. The molecule has 0 aromatic heterocycles. The van der Waals surface area contributed by atoms with Crippen molar-refractivity contribution in [1.29, 1.82) is 0 Å². The molecule has 104 valence electrons. The Morgan fingerprint density at radius 2 is 1.78 bits per heavy atom. The lowest BCUT2D eigenvalue weighted by molar-refractivity contribution is -0.163. The molecule has 3 heteroatoms. The molecule has 18 heavy (non-hydrogen) atoms. The number of thioether (sulfide) groups is 1. The Labute approximate surface area is 115 Å². The minimum Gasteiger partial charge on any atom is -0.469 e. The molecule has 0 aromatic carbocycles. The van der Waals surface area contributed by atoms with E-state index in [4.69, 9.17) is 4.74 Å². The smallest absolute Gasteiger partial charge is 0.311 e. The molecule has 2 nitrogen and oxygen atoms in total. The molecule has 0 radical (unpaired) electrons. The van der Waals surface area contributed by atoms with Gasteiger partial charge in [-0.3, -0.25) is 4.79 Å². The Kier molecular flexibility index (Phi) is 4.63. The van der Waals surface area contributed by atoms with Crippen LogP contribution < -0.4 is 0 Å². The van der Waals surface area contributed by atoms with Gasteiger partial charge in [0, 0.05) is 0 Å². The average Bonchev–Trinajstić information content (AvgIpc) is 2.45. The van der Waals surface area contributed by atoms with Gasteiger partial charge in [-0.2, -0.15) is 11.8 Å². The van der Waals surface area contributed by atoms with E-state index in [1.54, 1.807) is 0 Å². The number of fused-ring (bicyclic) bond motifs is 3.